The molecule has 0 atom stereocenters. The van der Waals surface area contributed by atoms with Gasteiger partial charge in [0.25, 0.3) is 0 Å². The smallest absolute Gasteiger partial charge is 0.207 e. The van der Waals surface area contributed by atoms with Crippen LogP contribution in [-0.4, -0.2) is 25.8 Å². The van der Waals surface area contributed by atoms with Gasteiger partial charge in [-0.25, -0.2) is 12.8 Å². The number of hydrogen-bond donors (Lipinski definition) is 0. The van der Waals surface area contributed by atoms with Crippen LogP contribution in [0.4, 0.5) is 4.39 Å². The average Bonchev–Trinajstić information content (AvgIpc) is 2.29. The highest BCUT2D eigenvalue weighted by Gasteiger charge is 2.24. The monoisotopic (exact) mass is 270 g/mol. The van der Waals surface area contributed by atoms with Crippen LogP contribution in [-0.2, 0) is 10.0 Å². The fraction of sp³-hybridized carbons (Fsp3) is 0.417. The van der Waals surface area contributed by atoms with Crippen LogP contribution in [0.15, 0.2) is 23.1 Å². The average molecular weight is 270 g/mol. The largest absolute Gasteiger partial charge is 0.243 e. The molecule has 0 radical (unpaired) electrons. The van der Waals surface area contributed by atoms with Gasteiger partial charge >= 0.3 is 0 Å². The summed E-state index contributed by atoms with van der Waals surface area (Å²) in [5.41, 5.74) is 0.366. The summed E-state index contributed by atoms with van der Waals surface area (Å²) in [5, 5.41) is 8.52. The molecule has 4 nitrogen and oxygen atoms in total. The molecule has 1 aromatic rings. The highest BCUT2D eigenvalue weighted by molar-refractivity contribution is 7.89. The summed E-state index contributed by atoms with van der Waals surface area (Å²) in [6, 6.07) is 5.48. The molecule has 0 saturated carbocycles. The molecule has 0 aromatic heterocycles. The molecule has 0 amide bonds. The Bertz CT molecular complexity index is 564. The lowest BCUT2D eigenvalue weighted by Gasteiger charge is -2.20. The summed E-state index contributed by atoms with van der Waals surface area (Å²) in [5.74, 6) is -0.466. The van der Waals surface area contributed by atoms with E-state index < -0.39 is 15.8 Å². The SMILES string of the molecule is CCN(CCC#N)S(=O)(=O)c1ccc(F)cc1C. The lowest BCUT2D eigenvalue weighted by atomic mass is 10.2. The minimum Gasteiger partial charge on any atom is -0.207 e. The molecule has 0 bridgehead atoms. The first-order valence-corrected chi connectivity index (χ1v) is 7.00. The van der Waals surface area contributed by atoms with Gasteiger partial charge < -0.3 is 0 Å². The maximum absolute atomic E-state index is 13.0. The number of halogens is 1. The third kappa shape index (κ3) is 3.06. The third-order valence-corrected chi connectivity index (χ3v) is 4.71. The van der Waals surface area contributed by atoms with Gasteiger partial charge in [-0.3, -0.25) is 0 Å². The summed E-state index contributed by atoms with van der Waals surface area (Å²) < 4.78 is 38.8. The predicted octanol–water partition coefficient (Wildman–Crippen LogP) is 2.06. The van der Waals surface area contributed by atoms with E-state index in [1.54, 1.807) is 13.8 Å². The van der Waals surface area contributed by atoms with E-state index in [2.05, 4.69) is 0 Å². The Labute approximate surface area is 107 Å². The first-order valence-electron chi connectivity index (χ1n) is 5.56. The van der Waals surface area contributed by atoms with E-state index in [0.717, 1.165) is 6.07 Å². The molecule has 98 valence electrons. The molecule has 6 heteroatoms. The molecule has 0 heterocycles. The second kappa shape index (κ2) is 5.94. The number of hydrogen-bond acceptors (Lipinski definition) is 3. The number of nitrogens with zero attached hydrogens (tertiary/aromatic N) is 2. The molecule has 0 N–H and O–H groups in total. The van der Waals surface area contributed by atoms with Crippen molar-refractivity contribution in [2.24, 2.45) is 0 Å². The summed E-state index contributed by atoms with van der Waals surface area (Å²) in [4.78, 5) is 0.0867. The Kier molecular flexibility index (Phi) is 4.82. The normalized spacial score (nSPS) is 11.5. The van der Waals surface area contributed by atoms with E-state index in [9.17, 15) is 12.8 Å². The van der Waals surface area contributed by atoms with Crippen LogP contribution in [0.3, 0.4) is 0 Å². The van der Waals surface area contributed by atoms with Crippen LogP contribution >= 0.6 is 0 Å². The van der Waals surface area contributed by atoms with Crippen molar-refractivity contribution in [3.63, 3.8) is 0 Å². The fourth-order valence-corrected chi connectivity index (χ4v) is 3.32. The second-order valence-corrected chi connectivity index (χ2v) is 5.72. The van der Waals surface area contributed by atoms with Crippen molar-refractivity contribution in [2.45, 2.75) is 25.2 Å². The maximum Gasteiger partial charge on any atom is 0.243 e. The molecule has 1 rings (SSSR count). The number of benzene rings is 1. The van der Waals surface area contributed by atoms with Crippen molar-refractivity contribution < 1.29 is 12.8 Å². The Hall–Kier alpha value is -1.45. The van der Waals surface area contributed by atoms with E-state index in [1.807, 2.05) is 6.07 Å². The van der Waals surface area contributed by atoms with Gasteiger partial charge in [-0.05, 0) is 30.7 Å². The van der Waals surface area contributed by atoms with Gasteiger partial charge in [0.1, 0.15) is 5.82 Å². The molecule has 0 aliphatic carbocycles. The Morgan fingerprint density at radius 2 is 2.11 bits per heavy atom. The lowest BCUT2D eigenvalue weighted by Crippen LogP contribution is -2.32. The van der Waals surface area contributed by atoms with Crippen molar-refractivity contribution in [3.8, 4) is 6.07 Å². The number of nitriles is 1. The van der Waals surface area contributed by atoms with E-state index in [4.69, 9.17) is 5.26 Å². The molecule has 18 heavy (non-hydrogen) atoms. The Morgan fingerprint density at radius 1 is 1.44 bits per heavy atom. The summed E-state index contributed by atoms with van der Waals surface area (Å²) in [6.07, 6.45) is 0.132. The standard InChI is InChI=1S/C12H15FN2O2S/c1-3-15(8-4-7-14)18(16,17)12-6-5-11(13)9-10(12)2/h5-6,9H,3-4,8H2,1-2H3. The van der Waals surface area contributed by atoms with Gasteiger partial charge in [0.05, 0.1) is 11.0 Å². The van der Waals surface area contributed by atoms with Crippen molar-refractivity contribution in [1.29, 1.82) is 5.26 Å². The van der Waals surface area contributed by atoms with E-state index in [-0.39, 0.29) is 24.4 Å². The minimum absolute atomic E-state index is 0.0867. The quantitative estimate of drug-likeness (QED) is 0.822. The zero-order valence-corrected chi connectivity index (χ0v) is 11.2. The molecular weight excluding hydrogens is 255 g/mol. The summed E-state index contributed by atoms with van der Waals surface area (Å²) in [7, 11) is -3.66. The topological polar surface area (TPSA) is 61.2 Å². The lowest BCUT2D eigenvalue weighted by molar-refractivity contribution is 0.434. The van der Waals surface area contributed by atoms with Gasteiger partial charge in [-0.1, -0.05) is 6.92 Å². The van der Waals surface area contributed by atoms with Gasteiger partial charge in [-0.15, -0.1) is 0 Å². The second-order valence-electron chi connectivity index (χ2n) is 3.81. The zero-order valence-electron chi connectivity index (χ0n) is 10.4. The number of rotatable bonds is 5. The van der Waals surface area contributed by atoms with Gasteiger partial charge in [-0.2, -0.15) is 9.57 Å². The predicted molar refractivity (Wildman–Crippen MR) is 65.8 cm³/mol. The van der Waals surface area contributed by atoms with Crippen LogP contribution in [0.5, 0.6) is 0 Å². The number of sulfonamides is 1. The molecule has 0 aliphatic rings. The Morgan fingerprint density at radius 3 is 2.61 bits per heavy atom. The molecule has 0 unspecified atom stereocenters. The molecule has 0 fully saturated rings. The minimum atomic E-state index is -3.66. The van der Waals surface area contributed by atoms with Crippen molar-refractivity contribution in [1.82, 2.24) is 4.31 Å². The number of aryl methyl sites for hydroxylation is 1. The molecular formula is C12H15FN2O2S. The van der Waals surface area contributed by atoms with Crippen LogP contribution in [0.25, 0.3) is 0 Å². The van der Waals surface area contributed by atoms with E-state index >= 15 is 0 Å². The highest BCUT2D eigenvalue weighted by Crippen LogP contribution is 2.20. The van der Waals surface area contributed by atoms with Crippen LogP contribution in [0.1, 0.15) is 18.9 Å². The maximum atomic E-state index is 13.0. The first kappa shape index (κ1) is 14.6. The molecule has 1 aromatic carbocycles. The van der Waals surface area contributed by atoms with E-state index in [0.29, 0.717) is 5.56 Å². The van der Waals surface area contributed by atoms with Crippen molar-refractivity contribution in [2.75, 3.05) is 13.1 Å². The van der Waals surface area contributed by atoms with Crippen LogP contribution in [0, 0.1) is 24.1 Å². The Balaban J connectivity index is 3.15. The van der Waals surface area contributed by atoms with Crippen LogP contribution < -0.4 is 0 Å². The first-order chi connectivity index (χ1) is 8.43. The van der Waals surface area contributed by atoms with Gasteiger partial charge in [0, 0.05) is 19.5 Å². The van der Waals surface area contributed by atoms with Gasteiger partial charge in [0.2, 0.25) is 10.0 Å². The molecule has 0 saturated heterocycles. The summed E-state index contributed by atoms with van der Waals surface area (Å²) >= 11 is 0. The van der Waals surface area contributed by atoms with Crippen LogP contribution in [0.2, 0.25) is 0 Å². The van der Waals surface area contributed by atoms with Crippen molar-refractivity contribution in [3.05, 3.63) is 29.6 Å². The molecule has 0 spiro atoms. The zero-order chi connectivity index (χ0) is 13.8. The molecule has 0 aliphatic heterocycles. The van der Waals surface area contributed by atoms with Gasteiger partial charge in [0.15, 0.2) is 0 Å². The summed E-state index contributed by atoms with van der Waals surface area (Å²) in [6.45, 7) is 3.68. The highest BCUT2D eigenvalue weighted by atomic mass is 32.2. The fourth-order valence-electron chi connectivity index (χ4n) is 1.66. The third-order valence-electron chi connectivity index (χ3n) is 2.58. The van der Waals surface area contributed by atoms with Crippen molar-refractivity contribution >= 4 is 10.0 Å². The van der Waals surface area contributed by atoms with E-state index in [1.165, 1.54) is 16.4 Å².